The maximum Gasteiger partial charge on any atom is 0.325 e. The van der Waals surface area contributed by atoms with E-state index in [4.69, 9.17) is 0 Å². The maximum atomic E-state index is 13.1. The van der Waals surface area contributed by atoms with Crippen LogP contribution < -0.4 is 10.6 Å². The molecule has 2 N–H and O–H groups in total. The lowest BCUT2D eigenvalue weighted by atomic mass is 9.97. The molecule has 2 atom stereocenters. The number of urea groups is 1. The summed E-state index contributed by atoms with van der Waals surface area (Å²) in [5.74, 6) is -0.414. The van der Waals surface area contributed by atoms with Gasteiger partial charge < -0.3 is 20.4 Å². The zero-order valence-electron chi connectivity index (χ0n) is 16.8. The number of likely N-dealkylation sites (tertiary alicyclic amines) is 1. The van der Waals surface area contributed by atoms with Crippen molar-refractivity contribution in [1.82, 2.24) is 25.3 Å². The van der Waals surface area contributed by atoms with Gasteiger partial charge in [0.25, 0.3) is 5.91 Å². The van der Waals surface area contributed by atoms with Crippen molar-refractivity contribution < 1.29 is 19.2 Å². The molecule has 29 heavy (non-hydrogen) atoms. The average molecular weight is 428 g/mol. The molecule has 2 unspecified atom stereocenters. The first-order chi connectivity index (χ1) is 13.4. The third kappa shape index (κ3) is 3.82. The molecule has 0 aromatic carbocycles. The van der Waals surface area contributed by atoms with Crippen LogP contribution in [0.15, 0.2) is 0 Å². The Kier molecular flexibility index (Phi) is 6.38. The SMILES string of the molecule is CC(C(=O)N1CCCC(N2CCNCC2=O)C1)N1C(=O)NC2(CCCC2)C1=O.Cl. The van der Waals surface area contributed by atoms with E-state index in [9.17, 15) is 19.2 Å². The Labute approximate surface area is 176 Å². The zero-order valence-corrected chi connectivity index (χ0v) is 17.6. The summed E-state index contributed by atoms with van der Waals surface area (Å²) >= 11 is 0. The molecule has 3 heterocycles. The van der Waals surface area contributed by atoms with Crippen molar-refractivity contribution in [2.45, 2.75) is 63.1 Å². The first kappa shape index (κ1) is 21.8. The topological polar surface area (TPSA) is 102 Å². The van der Waals surface area contributed by atoms with Crippen LogP contribution in [0.2, 0.25) is 0 Å². The summed E-state index contributed by atoms with van der Waals surface area (Å²) in [4.78, 5) is 55.4. The van der Waals surface area contributed by atoms with Gasteiger partial charge in [0.05, 0.1) is 6.54 Å². The van der Waals surface area contributed by atoms with Crippen molar-refractivity contribution in [2.24, 2.45) is 0 Å². The van der Waals surface area contributed by atoms with E-state index in [1.54, 1.807) is 11.8 Å². The Hall–Kier alpha value is -1.87. The summed E-state index contributed by atoms with van der Waals surface area (Å²) in [6, 6.07) is -1.28. The number of nitrogens with one attached hydrogen (secondary N) is 2. The summed E-state index contributed by atoms with van der Waals surface area (Å²) in [7, 11) is 0. The van der Waals surface area contributed by atoms with Crippen molar-refractivity contribution in [2.75, 3.05) is 32.7 Å². The number of piperidine rings is 1. The number of piperazine rings is 1. The Morgan fingerprint density at radius 1 is 1.14 bits per heavy atom. The van der Waals surface area contributed by atoms with E-state index in [2.05, 4.69) is 10.6 Å². The largest absolute Gasteiger partial charge is 0.339 e. The molecule has 0 aromatic heterocycles. The van der Waals surface area contributed by atoms with Gasteiger partial charge in [0.1, 0.15) is 11.6 Å². The molecule has 3 aliphatic heterocycles. The third-order valence-electron chi connectivity index (χ3n) is 6.67. The molecule has 4 aliphatic rings. The summed E-state index contributed by atoms with van der Waals surface area (Å²) in [5, 5.41) is 5.91. The summed E-state index contributed by atoms with van der Waals surface area (Å²) in [5.41, 5.74) is -0.802. The number of hydrogen-bond donors (Lipinski definition) is 2. The van der Waals surface area contributed by atoms with E-state index < -0.39 is 17.6 Å². The number of hydrogen-bond acceptors (Lipinski definition) is 5. The van der Waals surface area contributed by atoms with Crippen LogP contribution in [-0.2, 0) is 14.4 Å². The molecule has 9 nitrogen and oxygen atoms in total. The lowest BCUT2D eigenvalue weighted by Crippen LogP contribution is -2.59. The highest BCUT2D eigenvalue weighted by molar-refractivity contribution is 6.10. The molecule has 5 amide bonds. The minimum atomic E-state index is -0.829. The smallest absolute Gasteiger partial charge is 0.325 e. The summed E-state index contributed by atoms with van der Waals surface area (Å²) < 4.78 is 0. The monoisotopic (exact) mass is 427 g/mol. The molecule has 4 fully saturated rings. The van der Waals surface area contributed by atoms with Gasteiger partial charge in [-0.2, -0.15) is 0 Å². The fourth-order valence-corrected chi connectivity index (χ4v) is 5.10. The minimum absolute atomic E-state index is 0. The molecule has 1 aliphatic carbocycles. The van der Waals surface area contributed by atoms with Crippen LogP contribution in [0.3, 0.4) is 0 Å². The Morgan fingerprint density at radius 2 is 1.86 bits per heavy atom. The molecule has 162 valence electrons. The van der Waals surface area contributed by atoms with Crippen LogP contribution >= 0.6 is 12.4 Å². The van der Waals surface area contributed by atoms with Gasteiger partial charge in [-0.3, -0.25) is 14.4 Å². The highest BCUT2D eigenvalue weighted by Gasteiger charge is 2.55. The van der Waals surface area contributed by atoms with Gasteiger partial charge in [0.15, 0.2) is 0 Å². The standard InChI is InChI=1S/C19H29N5O4.ClH/c1-13(24-17(27)19(21-18(24)28)6-2-3-7-19)16(26)22-9-4-5-14(12-22)23-10-8-20-11-15(23)25;/h13-14,20H,2-12H2,1H3,(H,21,28);1H. The van der Waals surface area contributed by atoms with Crippen molar-refractivity contribution in [3.63, 3.8) is 0 Å². The first-order valence-electron chi connectivity index (χ1n) is 10.4. The van der Waals surface area contributed by atoms with Gasteiger partial charge in [-0.25, -0.2) is 9.69 Å². The zero-order chi connectivity index (χ0) is 19.9. The van der Waals surface area contributed by atoms with Crippen LogP contribution in [0.25, 0.3) is 0 Å². The van der Waals surface area contributed by atoms with E-state index >= 15 is 0 Å². The fourth-order valence-electron chi connectivity index (χ4n) is 5.10. The number of nitrogens with zero attached hydrogens (tertiary/aromatic N) is 3. The minimum Gasteiger partial charge on any atom is -0.339 e. The molecule has 10 heteroatoms. The highest BCUT2D eigenvalue weighted by atomic mass is 35.5. The van der Waals surface area contributed by atoms with Crippen LogP contribution in [-0.4, -0.2) is 88.8 Å². The van der Waals surface area contributed by atoms with Gasteiger partial charge in [-0.15, -0.1) is 12.4 Å². The summed E-state index contributed by atoms with van der Waals surface area (Å²) in [6.07, 6.45) is 4.79. The Bertz CT molecular complexity index is 696. The lowest BCUT2D eigenvalue weighted by Gasteiger charge is -2.42. The van der Waals surface area contributed by atoms with E-state index in [1.807, 2.05) is 4.90 Å². The number of amides is 5. The number of imide groups is 1. The molecule has 4 rings (SSSR count). The van der Waals surface area contributed by atoms with E-state index in [0.29, 0.717) is 39.0 Å². The number of carbonyl (C=O) groups excluding carboxylic acids is 4. The predicted molar refractivity (Wildman–Crippen MR) is 107 cm³/mol. The highest BCUT2D eigenvalue weighted by Crippen LogP contribution is 2.36. The first-order valence-corrected chi connectivity index (χ1v) is 10.4. The normalized spacial score (nSPS) is 27.8. The van der Waals surface area contributed by atoms with Crippen LogP contribution in [0.4, 0.5) is 4.79 Å². The third-order valence-corrected chi connectivity index (χ3v) is 6.67. The van der Waals surface area contributed by atoms with Gasteiger partial charge in [0, 0.05) is 32.2 Å². The van der Waals surface area contributed by atoms with Crippen molar-refractivity contribution in [3.05, 3.63) is 0 Å². The second-order valence-electron chi connectivity index (χ2n) is 8.41. The van der Waals surface area contributed by atoms with Crippen molar-refractivity contribution in [3.8, 4) is 0 Å². The van der Waals surface area contributed by atoms with Crippen molar-refractivity contribution >= 4 is 36.2 Å². The van der Waals surface area contributed by atoms with Crippen molar-refractivity contribution in [1.29, 1.82) is 0 Å². The molecular weight excluding hydrogens is 398 g/mol. The number of halogens is 1. The predicted octanol–water partition coefficient (Wildman–Crippen LogP) is 0.0841. The Morgan fingerprint density at radius 3 is 2.55 bits per heavy atom. The van der Waals surface area contributed by atoms with Gasteiger partial charge in [-0.05, 0) is 32.6 Å². The molecule has 0 radical (unpaired) electrons. The van der Waals surface area contributed by atoms with Crippen LogP contribution in [0.5, 0.6) is 0 Å². The quantitative estimate of drug-likeness (QED) is 0.621. The number of rotatable bonds is 3. The van der Waals surface area contributed by atoms with Gasteiger partial charge in [0.2, 0.25) is 11.8 Å². The molecule has 1 saturated carbocycles. The van der Waals surface area contributed by atoms with Gasteiger partial charge >= 0.3 is 6.03 Å². The molecule has 0 bridgehead atoms. The maximum absolute atomic E-state index is 13.1. The second kappa shape index (κ2) is 8.47. The molecule has 3 saturated heterocycles. The summed E-state index contributed by atoms with van der Waals surface area (Å²) in [6.45, 7) is 4.44. The van der Waals surface area contributed by atoms with E-state index in [1.165, 1.54) is 0 Å². The van der Waals surface area contributed by atoms with E-state index in [-0.39, 0.29) is 36.2 Å². The second-order valence-corrected chi connectivity index (χ2v) is 8.41. The molecule has 1 spiro atoms. The van der Waals surface area contributed by atoms with Crippen LogP contribution in [0.1, 0.15) is 45.4 Å². The number of carbonyl (C=O) groups is 4. The fraction of sp³-hybridized carbons (Fsp3) is 0.789. The molecular formula is C19H30ClN5O4. The molecule has 0 aromatic rings. The van der Waals surface area contributed by atoms with Crippen LogP contribution in [0, 0.1) is 0 Å². The average Bonchev–Trinajstić information content (AvgIpc) is 3.26. The van der Waals surface area contributed by atoms with Gasteiger partial charge in [-0.1, -0.05) is 12.8 Å². The van der Waals surface area contributed by atoms with E-state index in [0.717, 1.165) is 37.1 Å². The lowest BCUT2D eigenvalue weighted by molar-refractivity contribution is -0.146. The Balaban J connectivity index is 0.00000240.